The molecule has 2 aromatic carbocycles. The highest BCUT2D eigenvalue weighted by Gasteiger charge is 2.22. The number of aromatic nitrogens is 2. The van der Waals surface area contributed by atoms with E-state index in [1.807, 2.05) is 0 Å². The Labute approximate surface area is 172 Å². The van der Waals surface area contributed by atoms with Gasteiger partial charge in [-0.05, 0) is 30.7 Å². The van der Waals surface area contributed by atoms with Gasteiger partial charge in [0.1, 0.15) is 11.6 Å². The van der Waals surface area contributed by atoms with Crippen LogP contribution in [-0.2, 0) is 14.8 Å². The van der Waals surface area contributed by atoms with Crippen LogP contribution in [0.1, 0.15) is 5.56 Å². The van der Waals surface area contributed by atoms with E-state index in [9.17, 15) is 13.2 Å². The first-order valence-corrected chi connectivity index (χ1v) is 11.2. The Kier molecular flexibility index (Phi) is 5.97. The highest BCUT2D eigenvalue weighted by molar-refractivity contribution is 7.92. The van der Waals surface area contributed by atoms with E-state index in [0.29, 0.717) is 15.7 Å². The zero-order valence-corrected chi connectivity index (χ0v) is 17.5. The number of carbonyl (C=O) groups excluding carboxylic acids is 1. The van der Waals surface area contributed by atoms with E-state index in [2.05, 4.69) is 15.5 Å². The molecule has 0 unspecified atom stereocenters. The number of halogens is 1. The molecule has 0 aliphatic carbocycles. The summed E-state index contributed by atoms with van der Waals surface area (Å²) in [4.78, 5) is 12.4. The maximum Gasteiger partial charge on any atom is 0.246 e. The maximum atomic E-state index is 12.4. The van der Waals surface area contributed by atoms with Crippen LogP contribution in [0.15, 0.2) is 48.5 Å². The van der Waals surface area contributed by atoms with Gasteiger partial charge in [-0.1, -0.05) is 53.3 Å². The van der Waals surface area contributed by atoms with Crippen LogP contribution >= 0.6 is 22.9 Å². The molecule has 0 atom stereocenters. The molecule has 0 saturated carbocycles. The fourth-order valence-corrected chi connectivity index (χ4v) is 4.30. The molecular weight excluding hydrogens is 420 g/mol. The molecule has 28 heavy (non-hydrogen) atoms. The molecule has 146 valence electrons. The normalized spacial score (nSPS) is 11.2. The van der Waals surface area contributed by atoms with Gasteiger partial charge in [-0.2, -0.15) is 0 Å². The summed E-state index contributed by atoms with van der Waals surface area (Å²) in [5.41, 5.74) is 2.03. The number of sulfonamides is 1. The summed E-state index contributed by atoms with van der Waals surface area (Å²) in [5.74, 6) is -0.507. The average molecular weight is 437 g/mol. The van der Waals surface area contributed by atoms with Crippen molar-refractivity contribution in [2.45, 2.75) is 6.92 Å². The lowest BCUT2D eigenvalue weighted by Gasteiger charge is -2.23. The third-order valence-electron chi connectivity index (χ3n) is 3.83. The van der Waals surface area contributed by atoms with E-state index in [0.717, 1.165) is 21.7 Å². The first-order valence-electron chi connectivity index (χ1n) is 8.16. The lowest BCUT2D eigenvalue weighted by molar-refractivity contribution is -0.114. The summed E-state index contributed by atoms with van der Waals surface area (Å²) in [7, 11) is -3.64. The number of nitrogens with one attached hydrogen (secondary N) is 1. The topological polar surface area (TPSA) is 92.3 Å². The molecule has 0 bridgehead atoms. The van der Waals surface area contributed by atoms with Gasteiger partial charge in [-0.25, -0.2) is 8.42 Å². The van der Waals surface area contributed by atoms with Gasteiger partial charge in [0, 0.05) is 10.6 Å². The number of benzene rings is 2. The van der Waals surface area contributed by atoms with Crippen molar-refractivity contribution in [3.63, 3.8) is 0 Å². The molecule has 1 aromatic heterocycles. The average Bonchev–Trinajstić information content (AvgIpc) is 3.08. The molecule has 0 aliphatic rings. The van der Waals surface area contributed by atoms with Crippen LogP contribution in [0.2, 0.25) is 5.02 Å². The minimum absolute atomic E-state index is 0.285. The summed E-state index contributed by atoms with van der Waals surface area (Å²) in [5, 5.41) is 12.1. The van der Waals surface area contributed by atoms with Crippen molar-refractivity contribution >= 4 is 49.7 Å². The Hall–Kier alpha value is -2.49. The van der Waals surface area contributed by atoms with Crippen molar-refractivity contribution in [1.82, 2.24) is 10.2 Å². The van der Waals surface area contributed by atoms with Gasteiger partial charge in [0.2, 0.25) is 21.1 Å². The largest absolute Gasteiger partial charge is 0.299 e. The van der Waals surface area contributed by atoms with Gasteiger partial charge in [-0.3, -0.25) is 14.4 Å². The number of para-hydroxylation sites is 1. The molecule has 1 N–H and O–H groups in total. The van der Waals surface area contributed by atoms with Crippen LogP contribution in [0.3, 0.4) is 0 Å². The fraction of sp³-hybridized carbons (Fsp3) is 0.167. The highest BCUT2D eigenvalue weighted by Crippen LogP contribution is 2.27. The van der Waals surface area contributed by atoms with Crippen molar-refractivity contribution in [3.8, 4) is 10.6 Å². The number of hydrogen-bond acceptors (Lipinski definition) is 6. The molecule has 0 aliphatic heterocycles. The molecule has 3 aromatic rings. The van der Waals surface area contributed by atoms with Crippen LogP contribution in [0.25, 0.3) is 10.6 Å². The first-order chi connectivity index (χ1) is 13.2. The van der Waals surface area contributed by atoms with Gasteiger partial charge < -0.3 is 0 Å². The predicted molar refractivity (Wildman–Crippen MR) is 112 cm³/mol. The second kappa shape index (κ2) is 8.26. The Morgan fingerprint density at radius 2 is 1.82 bits per heavy atom. The monoisotopic (exact) mass is 436 g/mol. The van der Waals surface area contributed by atoms with Gasteiger partial charge in [0.25, 0.3) is 0 Å². The number of anilines is 2. The number of hydrogen-bond donors (Lipinski definition) is 1. The molecule has 7 nitrogen and oxygen atoms in total. The molecule has 3 rings (SSSR count). The molecule has 1 amide bonds. The van der Waals surface area contributed by atoms with Crippen LogP contribution < -0.4 is 9.62 Å². The van der Waals surface area contributed by atoms with Crippen molar-refractivity contribution in [2.75, 3.05) is 22.4 Å². The predicted octanol–water partition coefficient (Wildman–Crippen LogP) is 3.57. The van der Waals surface area contributed by atoms with E-state index >= 15 is 0 Å². The molecule has 1 heterocycles. The smallest absolute Gasteiger partial charge is 0.246 e. The van der Waals surface area contributed by atoms with Gasteiger partial charge in [0.05, 0.1) is 11.9 Å². The quantitative estimate of drug-likeness (QED) is 0.637. The zero-order chi connectivity index (χ0) is 20.3. The molecule has 0 saturated heterocycles. The van der Waals surface area contributed by atoms with Crippen molar-refractivity contribution in [3.05, 3.63) is 59.1 Å². The molecular formula is C18H17ClN4O3S2. The molecule has 0 fully saturated rings. The summed E-state index contributed by atoms with van der Waals surface area (Å²) >= 11 is 7.07. The van der Waals surface area contributed by atoms with Crippen molar-refractivity contribution in [2.24, 2.45) is 0 Å². The fourth-order valence-electron chi connectivity index (χ4n) is 2.50. The van der Waals surface area contributed by atoms with Crippen molar-refractivity contribution in [1.29, 1.82) is 0 Å². The van der Waals surface area contributed by atoms with Crippen LogP contribution in [-0.4, -0.2) is 37.3 Å². The van der Waals surface area contributed by atoms with Gasteiger partial charge in [0.15, 0.2) is 0 Å². The summed E-state index contributed by atoms with van der Waals surface area (Å²) < 4.78 is 25.5. The highest BCUT2D eigenvalue weighted by atomic mass is 35.5. The van der Waals surface area contributed by atoms with Crippen LogP contribution in [0.4, 0.5) is 10.8 Å². The summed E-state index contributed by atoms with van der Waals surface area (Å²) in [6.07, 6.45) is 1.07. The van der Waals surface area contributed by atoms with Crippen LogP contribution in [0.5, 0.6) is 0 Å². The maximum absolute atomic E-state index is 12.4. The van der Waals surface area contributed by atoms with Gasteiger partial charge >= 0.3 is 0 Å². The molecule has 10 heteroatoms. The van der Waals surface area contributed by atoms with Crippen LogP contribution in [0, 0.1) is 6.92 Å². The summed E-state index contributed by atoms with van der Waals surface area (Å²) in [6, 6.07) is 14.1. The Balaban J connectivity index is 1.75. The lowest BCUT2D eigenvalue weighted by Crippen LogP contribution is -2.37. The third kappa shape index (κ3) is 4.86. The number of aryl methyl sites for hydroxylation is 1. The third-order valence-corrected chi connectivity index (χ3v) is 6.10. The van der Waals surface area contributed by atoms with Gasteiger partial charge in [-0.15, -0.1) is 10.2 Å². The number of amides is 1. The van der Waals surface area contributed by atoms with E-state index in [1.165, 1.54) is 11.3 Å². The second-order valence-electron chi connectivity index (χ2n) is 6.02. The second-order valence-corrected chi connectivity index (χ2v) is 9.34. The van der Waals surface area contributed by atoms with Crippen molar-refractivity contribution < 1.29 is 13.2 Å². The van der Waals surface area contributed by atoms with E-state index in [-0.39, 0.29) is 11.7 Å². The van der Waals surface area contributed by atoms with E-state index < -0.39 is 15.9 Å². The Morgan fingerprint density at radius 1 is 1.14 bits per heavy atom. The van der Waals surface area contributed by atoms with E-state index in [1.54, 1.807) is 55.5 Å². The molecule has 0 radical (unpaired) electrons. The lowest BCUT2D eigenvalue weighted by atomic mass is 10.2. The zero-order valence-electron chi connectivity index (χ0n) is 15.1. The minimum atomic E-state index is -3.64. The minimum Gasteiger partial charge on any atom is -0.299 e. The Morgan fingerprint density at radius 3 is 2.46 bits per heavy atom. The SMILES string of the molecule is Cc1ccccc1N(CC(=O)Nc1nnc(-c2ccc(Cl)cc2)s1)S(C)(=O)=O. The molecule has 0 spiro atoms. The van der Waals surface area contributed by atoms with E-state index in [4.69, 9.17) is 11.6 Å². The first kappa shape index (κ1) is 20.2. The summed E-state index contributed by atoms with van der Waals surface area (Å²) in [6.45, 7) is 1.42. The standard InChI is InChI=1S/C18H17ClN4O3S2/c1-12-5-3-4-6-15(12)23(28(2,25)26)11-16(24)20-18-22-21-17(27-18)13-7-9-14(19)10-8-13/h3-10H,11H2,1-2H3,(H,20,22,24). The Bertz CT molecular complexity index is 1100. The number of rotatable bonds is 6. The number of nitrogens with zero attached hydrogens (tertiary/aromatic N) is 3. The number of carbonyl (C=O) groups is 1.